The van der Waals surface area contributed by atoms with E-state index in [9.17, 15) is 9.59 Å². The standard InChI is InChI=1S/C19H12ClNO5S2/c20-15-8-7-13(28-15)17-18(16(22)11-3-1-2-4-12(11)26-17)25-9-10-5-6-14(27-10)19(23)21-24/h1-8,24H,9H2,(H,21,23). The predicted molar refractivity (Wildman–Crippen MR) is 109 cm³/mol. The van der Waals surface area contributed by atoms with Crippen molar-refractivity contribution in [3.8, 4) is 16.4 Å². The second-order valence-corrected chi connectivity index (χ2v) is 8.57. The van der Waals surface area contributed by atoms with Crippen molar-refractivity contribution in [1.82, 2.24) is 5.48 Å². The molecule has 4 aromatic rings. The average molecular weight is 434 g/mol. The summed E-state index contributed by atoms with van der Waals surface area (Å²) in [5.41, 5.74) is 1.76. The van der Waals surface area contributed by atoms with Crippen LogP contribution < -0.4 is 15.6 Å². The lowest BCUT2D eigenvalue weighted by molar-refractivity contribution is 0.0711. The van der Waals surface area contributed by atoms with E-state index in [4.69, 9.17) is 26.0 Å². The van der Waals surface area contributed by atoms with Crippen LogP contribution in [-0.2, 0) is 6.61 Å². The molecule has 0 bridgehead atoms. The van der Waals surface area contributed by atoms with Crippen LogP contribution in [0, 0.1) is 0 Å². The number of hydroxylamine groups is 1. The minimum Gasteiger partial charge on any atom is -0.480 e. The van der Waals surface area contributed by atoms with Gasteiger partial charge in [-0.15, -0.1) is 22.7 Å². The number of hydrogen-bond acceptors (Lipinski definition) is 7. The maximum atomic E-state index is 13.0. The van der Waals surface area contributed by atoms with Gasteiger partial charge in [-0.2, -0.15) is 0 Å². The first kappa shape index (κ1) is 18.7. The molecule has 1 amide bonds. The number of amides is 1. The number of nitrogens with one attached hydrogen (secondary N) is 1. The predicted octanol–water partition coefficient (Wildman–Crippen LogP) is 4.93. The fourth-order valence-corrected chi connectivity index (χ4v) is 4.46. The fraction of sp³-hybridized carbons (Fsp3) is 0.0526. The Morgan fingerprint density at radius 2 is 1.96 bits per heavy atom. The first-order valence-corrected chi connectivity index (χ1v) is 10.1. The number of ether oxygens (including phenoxy) is 1. The summed E-state index contributed by atoms with van der Waals surface area (Å²) in [6.45, 7) is 0.0680. The molecule has 0 fully saturated rings. The summed E-state index contributed by atoms with van der Waals surface area (Å²) < 4.78 is 12.3. The normalized spacial score (nSPS) is 10.9. The zero-order chi connectivity index (χ0) is 19.7. The highest BCUT2D eigenvalue weighted by Gasteiger charge is 2.19. The quantitative estimate of drug-likeness (QED) is 0.344. The third-order valence-electron chi connectivity index (χ3n) is 3.90. The van der Waals surface area contributed by atoms with Crippen LogP contribution in [0.5, 0.6) is 5.75 Å². The van der Waals surface area contributed by atoms with E-state index < -0.39 is 5.91 Å². The molecule has 28 heavy (non-hydrogen) atoms. The molecule has 1 aromatic carbocycles. The minimum atomic E-state index is -0.601. The van der Waals surface area contributed by atoms with Crippen molar-refractivity contribution in [2.24, 2.45) is 0 Å². The van der Waals surface area contributed by atoms with Gasteiger partial charge in [0.05, 0.1) is 19.5 Å². The number of hydrogen-bond donors (Lipinski definition) is 2. The van der Waals surface area contributed by atoms with Crippen LogP contribution in [0.2, 0.25) is 4.34 Å². The van der Waals surface area contributed by atoms with E-state index >= 15 is 0 Å². The van der Waals surface area contributed by atoms with Gasteiger partial charge >= 0.3 is 0 Å². The molecule has 0 aliphatic rings. The smallest absolute Gasteiger partial charge is 0.284 e. The molecule has 9 heteroatoms. The fourth-order valence-electron chi connectivity index (χ4n) is 2.63. The van der Waals surface area contributed by atoms with Crippen LogP contribution in [0.15, 0.2) is 57.7 Å². The molecule has 4 rings (SSSR count). The van der Waals surface area contributed by atoms with Gasteiger partial charge in [0.15, 0.2) is 5.76 Å². The van der Waals surface area contributed by atoms with Crippen molar-refractivity contribution in [2.45, 2.75) is 6.61 Å². The molecule has 3 aromatic heterocycles. The molecule has 0 unspecified atom stereocenters. The van der Waals surface area contributed by atoms with Crippen LogP contribution in [-0.4, -0.2) is 11.1 Å². The molecule has 0 atom stereocenters. The van der Waals surface area contributed by atoms with Crippen molar-refractivity contribution < 1.29 is 19.2 Å². The average Bonchev–Trinajstić information content (AvgIpc) is 3.35. The number of rotatable bonds is 5. The summed E-state index contributed by atoms with van der Waals surface area (Å²) in [5, 5.41) is 9.13. The first-order valence-electron chi connectivity index (χ1n) is 8.04. The molecular weight excluding hydrogens is 422 g/mol. The SMILES string of the molecule is O=C(NO)c1ccc(COc2c(-c3ccc(Cl)s3)oc3ccccc3c2=O)s1. The minimum absolute atomic E-state index is 0.0680. The van der Waals surface area contributed by atoms with Crippen LogP contribution >= 0.6 is 34.3 Å². The van der Waals surface area contributed by atoms with E-state index in [0.29, 0.717) is 35.7 Å². The number of carbonyl (C=O) groups is 1. The van der Waals surface area contributed by atoms with Crippen LogP contribution in [0.4, 0.5) is 0 Å². The summed E-state index contributed by atoms with van der Waals surface area (Å²) in [7, 11) is 0. The largest absolute Gasteiger partial charge is 0.480 e. The monoisotopic (exact) mass is 433 g/mol. The van der Waals surface area contributed by atoms with E-state index in [0.717, 1.165) is 11.3 Å². The second kappa shape index (κ2) is 7.76. The van der Waals surface area contributed by atoms with Crippen molar-refractivity contribution >= 4 is 51.2 Å². The third kappa shape index (κ3) is 3.55. The number of carbonyl (C=O) groups excluding carboxylic acids is 1. The maximum absolute atomic E-state index is 13.0. The van der Waals surface area contributed by atoms with E-state index in [-0.39, 0.29) is 17.8 Å². The number of thiophene rings is 2. The molecule has 2 N–H and O–H groups in total. The molecule has 0 saturated heterocycles. The summed E-state index contributed by atoms with van der Waals surface area (Å²) in [6.07, 6.45) is 0. The van der Waals surface area contributed by atoms with Crippen molar-refractivity contribution in [1.29, 1.82) is 0 Å². The van der Waals surface area contributed by atoms with Gasteiger partial charge in [-0.25, -0.2) is 5.48 Å². The summed E-state index contributed by atoms with van der Waals surface area (Å²) >= 11 is 8.47. The lowest BCUT2D eigenvalue weighted by atomic mass is 10.2. The van der Waals surface area contributed by atoms with E-state index in [1.807, 2.05) is 0 Å². The van der Waals surface area contributed by atoms with E-state index in [1.165, 1.54) is 11.3 Å². The number of halogens is 1. The van der Waals surface area contributed by atoms with Gasteiger partial charge in [0.1, 0.15) is 12.2 Å². The van der Waals surface area contributed by atoms with Crippen molar-refractivity contribution in [3.05, 3.63) is 72.8 Å². The Balaban J connectivity index is 1.74. The molecule has 0 radical (unpaired) electrons. The Morgan fingerprint density at radius 1 is 1.14 bits per heavy atom. The Hall–Kier alpha value is -2.65. The van der Waals surface area contributed by atoms with Gasteiger partial charge in [0.2, 0.25) is 11.2 Å². The van der Waals surface area contributed by atoms with Crippen LogP contribution in [0.25, 0.3) is 21.6 Å². The maximum Gasteiger partial charge on any atom is 0.284 e. The molecule has 6 nitrogen and oxygen atoms in total. The van der Waals surface area contributed by atoms with Gasteiger partial charge in [-0.3, -0.25) is 14.8 Å². The molecule has 0 aliphatic heterocycles. The Morgan fingerprint density at radius 3 is 2.71 bits per heavy atom. The Bertz CT molecular complexity index is 1230. The van der Waals surface area contributed by atoms with Gasteiger partial charge in [0, 0.05) is 4.88 Å². The molecule has 0 saturated carbocycles. The first-order chi connectivity index (χ1) is 13.6. The third-order valence-corrected chi connectivity index (χ3v) is 6.19. The highest BCUT2D eigenvalue weighted by molar-refractivity contribution is 7.19. The van der Waals surface area contributed by atoms with E-state index in [2.05, 4.69) is 0 Å². The summed E-state index contributed by atoms with van der Waals surface area (Å²) in [6, 6.07) is 13.7. The van der Waals surface area contributed by atoms with Gasteiger partial charge in [-0.05, 0) is 36.4 Å². The molecular formula is C19H12ClNO5S2. The lowest BCUT2D eigenvalue weighted by Gasteiger charge is -2.10. The number of benzene rings is 1. The molecule has 0 aliphatic carbocycles. The number of para-hydroxylation sites is 1. The van der Waals surface area contributed by atoms with Gasteiger partial charge < -0.3 is 9.15 Å². The zero-order valence-corrected chi connectivity index (χ0v) is 16.5. The van der Waals surface area contributed by atoms with Gasteiger partial charge in [0.25, 0.3) is 5.91 Å². The highest BCUT2D eigenvalue weighted by Crippen LogP contribution is 2.37. The van der Waals surface area contributed by atoms with E-state index in [1.54, 1.807) is 54.0 Å². The van der Waals surface area contributed by atoms with Crippen LogP contribution in [0.1, 0.15) is 14.5 Å². The van der Waals surface area contributed by atoms with Crippen molar-refractivity contribution in [2.75, 3.05) is 0 Å². The van der Waals surface area contributed by atoms with Crippen LogP contribution in [0.3, 0.4) is 0 Å². The van der Waals surface area contributed by atoms with Gasteiger partial charge in [-0.1, -0.05) is 23.7 Å². The Kier molecular flexibility index (Phi) is 5.19. The molecule has 142 valence electrons. The second-order valence-electron chi connectivity index (χ2n) is 5.68. The lowest BCUT2D eigenvalue weighted by Crippen LogP contribution is -2.16. The molecule has 3 heterocycles. The Labute approximate surface area is 171 Å². The zero-order valence-electron chi connectivity index (χ0n) is 14.1. The topological polar surface area (TPSA) is 88.8 Å². The molecule has 0 spiro atoms. The van der Waals surface area contributed by atoms with Crippen molar-refractivity contribution in [3.63, 3.8) is 0 Å². The highest BCUT2D eigenvalue weighted by atomic mass is 35.5. The number of fused-ring (bicyclic) bond motifs is 1. The summed E-state index contributed by atoms with van der Waals surface area (Å²) in [4.78, 5) is 26.2. The summed E-state index contributed by atoms with van der Waals surface area (Å²) in [5.74, 6) is -0.209.